The lowest BCUT2D eigenvalue weighted by Crippen LogP contribution is -2.26. The number of amides is 1. The van der Waals surface area contributed by atoms with Gasteiger partial charge in [0, 0.05) is 19.0 Å². The number of hydrogen-bond donors (Lipinski definition) is 1. The van der Waals surface area contributed by atoms with E-state index in [0.29, 0.717) is 22.1 Å². The molecule has 0 unspecified atom stereocenters. The summed E-state index contributed by atoms with van der Waals surface area (Å²) in [6.45, 7) is 2.11. The van der Waals surface area contributed by atoms with Crippen molar-refractivity contribution in [1.82, 2.24) is 4.31 Å². The maximum Gasteiger partial charge on any atom is 0.265 e. The van der Waals surface area contributed by atoms with Crippen LogP contribution in [0.25, 0.3) is 0 Å². The van der Waals surface area contributed by atoms with Crippen LogP contribution in [0.15, 0.2) is 40.6 Å². The Kier molecular flexibility index (Phi) is 5.23. The molecule has 1 heterocycles. The molecule has 22 heavy (non-hydrogen) atoms. The number of carbonyl (C=O) groups excluding carboxylic acids is 1. The Morgan fingerprint density at radius 2 is 2.05 bits per heavy atom. The van der Waals surface area contributed by atoms with Crippen molar-refractivity contribution in [3.63, 3.8) is 0 Å². The molecule has 1 aromatic heterocycles. The molecule has 118 valence electrons. The first-order valence-electron chi connectivity index (χ1n) is 6.47. The van der Waals surface area contributed by atoms with Gasteiger partial charge in [0.05, 0.1) is 20.5 Å². The molecule has 0 saturated carbocycles. The molecule has 0 fully saturated rings. The summed E-state index contributed by atoms with van der Waals surface area (Å²) in [5, 5.41) is 4.55. The molecule has 0 radical (unpaired) electrons. The predicted molar refractivity (Wildman–Crippen MR) is 89.2 cm³/mol. The lowest BCUT2D eigenvalue weighted by molar-refractivity contribution is 0.103. The van der Waals surface area contributed by atoms with Gasteiger partial charge in [-0.05, 0) is 18.2 Å². The van der Waals surface area contributed by atoms with Crippen LogP contribution in [0.3, 0.4) is 0 Å². The first-order valence-corrected chi connectivity index (χ1v) is 9.16. The number of anilines is 1. The van der Waals surface area contributed by atoms with E-state index in [1.165, 1.54) is 22.8 Å². The maximum atomic E-state index is 12.2. The zero-order valence-electron chi connectivity index (χ0n) is 12.0. The Hall–Kier alpha value is -1.41. The summed E-state index contributed by atoms with van der Waals surface area (Å²) in [6, 6.07) is 8.22. The molecule has 0 aliphatic carbocycles. The second-order valence-electron chi connectivity index (χ2n) is 4.50. The number of benzene rings is 1. The Morgan fingerprint density at radius 3 is 2.68 bits per heavy atom. The molecule has 1 N–H and O–H groups in total. The topological polar surface area (TPSA) is 66.5 Å². The van der Waals surface area contributed by atoms with E-state index in [0.717, 1.165) is 11.3 Å². The molecule has 2 aromatic rings. The molecule has 1 amide bonds. The second-order valence-corrected chi connectivity index (χ2v) is 7.86. The highest BCUT2D eigenvalue weighted by molar-refractivity contribution is 7.89. The number of nitrogens with zero attached hydrogens (tertiary/aromatic N) is 1. The molecule has 0 aliphatic heterocycles. The number of thiophene rings is 1. The lowest BCUT2D eigenvalue weighted by Gasteiger charge is -2.12. The van der Waals surface area contributed by atoms with Crippen molar-refractivity contribution in [2.24, 2.45) is 0 Å². The van der Waals surface area contributed by atoms with E-state index < -0.39 is 15.9 Å². The summed E-state index contributed by atoms with van der Waals surface area (Å²) in [5.74, 6) is -0.390. The van der Waals surface area contributed by atoms with Gasteiger partial charge in [0.25, 0.3) is 5.91 Å². The minimum Gasteiger partial charge on any atom is -0.320 e. The first kappa shape index (κ1) is 17.0. The Balaban J connectivity index is 2.22. The second kappa shape index (κ2) is 6.78. The Bertz CT molecular complexity index is 787. The van der Waals surface area contributed by atoms with Crippen molar-refractivity contribution >= 4 is 44.6 Å². The standard InChI is InChI=1S/C14H15ClN2O3S2/c1-3-17(2)22(19,20)10-8-13(21-9-10)14(18)16-12-7-5-4-6-11(12)15/h4-9H,3H2,1-2H3,(H,16,18). The summed E-state index contributed by atoms with van der Waals surface area (Å²) >= 11 is 7.06. The largest absolute Gasteiger partial charge is 0.320 e. The van der Waals surface area contributed by atoms with Crippen LogP contribution >= 0.6 is 22.9 Å². The average molecular weight is 359 g/mol. The molecule has 0 saturated heterocycles. The third kappa shape index (κ3) is 3.49. The van der Waals surface area contributed by atoms with E-state index in [1.54, 1.807) is 31.2 Å². The molecule has 2 rings (SSSR count). The van der Waals surface area contributed by atoms with Crippen molar-refractivity contribution in [1.29, 1.82) is 0 Å². The van der Waals surface area contributed by atoms with Crippen LogP contribution in [0.2, 0.25) is 5.02 Å². The normalized spacial score (nSPS) is 11.6. The smallest absolute Gasteiger partial charge is 0.265 e. The lowest BCUT2D eigenvalue weighted by atomic mass is 10.3. The van der Waals surface area contributed by atoms with Gasteiger partial charge in [-0.2, -0.15) is 0 Å². The van der Waals surface area contributed by atoms with Gasteiger partial charge in [-0.3, -0.25) is 4.79 Å². The molecule has 0 spiro atoms. The predicted octanol–water partition coefficient (Wildman–Crippen LogP) is 3.29. The van der Waals surface area contributed by atoms with E-state index in [-0.39, 0.29) is 4.90 Å². The minimum absolute atomic E-state index is 0.117. The van der Waals surface area contributed by atoms with Crippen LogP contribution in [-0.4, -0.2) is 32.2 Å². The maximum absolute atomic E-state index is 12.2. The number of halogens is 1. The van der Waals surface area contributed by atoms with Gasteiger partial charge in [-0.15, -0.1) is 11.3 Å². The van der Waals surface area contributed by atoms with Gasteiger partial charge < -0.3 is 5.32 Å². The highest BCUT2D eigenvalue weighted by Crippen LogP contribution is 2.25. The van der Waals surface area contributed by atoms with Gasteiger partial charge >= 0.3 is 0 Å². The number of carbonyl (C=O) groups is 1. The molecule has 1 aromatic carbocycles. The molecule has 0 atom stereocenters. The van der Waals surface area contributed by atoms with E-state index in [4.69, 9.17) is 11.6 Å². The van der Waals surface area contributed by atoms with Gasteiger partial charge in [0.1, 0.15) is 0 Å². The zero-order valence-corrected chi connectivity index (χ0v) is 14.4. The third-order valence-electron chi connectivity index (χ3n) is 3.07. The number of rotatable bonds is 5. The molecule has 5 nitrogen and oxygen atoms in total. The quantitative estimate of drug-likeness (QED) is 0.891. The minimum atomic E-state index is -3.55. The monoisotopic (exact) mass is 358 g/mol. The summed E-state index contributed by atoms with van der Waals surface area (Å²) in [6.07, 6.45) is 0. The van der Waals surface area contributed by atoms with Crippen LogP contribution in [0, 0.1) is 0 Å². The van der Waals surface area contributed by atoms with E-state index in [1.807, 2.05) is 0 Å². The number of hydrogen-bond acceptors (Lipinski definition) is 4. The van der Waals surface area contributed by atoms with E-state index >= 15 is 0 Å². The van der Waals surface area contributed by atoms with Crippen molar-refractivity contribution in [2.75, 3.05) is 18.9 Å². The molecular formula is C14H15ClN2O3S2. The summed E-state index contributed by atoms with van der Waals surface area (Å²) in [5.41, 5.74) is 0.484. The molecular weight excluding hydrogens is 344 g/mol. The Labute approximate surface area is 138 Å². The summed E-state index contributed by atoms with van der Waals surface area (Å²) in [7, 11) is -2.05. The zero-order chi connectivity index (χ0) is 16.3. The van der Waals surface area contributed by atoms with Gasteiger partial charge in [-0.1, -0.05) is 30.7 Å². The van der Waals surface area contributed by atoms with Gasteiger partial charge in [0.2, 0.25) is 10.0 Å². The van der Waals surface area contributed by atoms with Crippen LogP contribution in [0.5, 0.6) is 0 Å². The molecule has 0 bridgehead atoms. The molecule has 8 heteroatoms. The fourth-order valence-electron chi connectivity index (χ4n) is 1.67. The molecule has 0 aliphatic rings. The SMILES string of the molecule is CCN(C)S(=O)(=O)c1csc(C(=O)Nc2ccccc2Cl)c1. The van der Waals surface area contributed by atoms with Gasteiger partial charge in [-0.25, -0.2) is 12.7 Å². The van der Waals surface area contributed by atoms with E-state index in [2.05, 4.69) is 5.32 Å². The highest BCUT2D eigenvalue weighted by Gasteiger charge is 2.22. The van der Waals surface area contributed by atoms with Gasteiger partial charge in [0.15, 0.2) is 0 Å². The van der Waals surface area contributed by atoms with Crippen molar-refractivity contribution < 1.29 is 13.2 Å². The number of para-hydroxylation sites is 1. The number of nitrogens with one attached hydrogen (secondary N) is 1. The summed E-state index contributed by atoms with van der Waals surface area (Å²) < 4.78 is 25.6. The fourth-order valence-corrected chi connectivity index (χ4v) is 4.19. The van der Waals surface area contributed by atoms with Crippen LogP contribution in [-0.2, 0) is 10.0 Å². The van der Waals surface area contributed by atoms with Crippen molar-refractivity contribution in [2.45, 2.75) is 11.8 Å². The average Bonchev–Trinajstić information content (AvgIpc) is 2.99. The number of sulfonamides is 1. The van der Waals surface area contributed by atoms with Crippen LogP contribution < -0.4 is 5.32 Å². The van der Waals surface area contributed by atoms with E-state index in [9.17, 15) is 13.2 Å². The van der Waals surface area contributed by atoms with Crippen molar-refractivity contribution in [3.8, 4) is 0 Å². The third-order valence-corrected chi connectivity index (χ3v) is 6.39. The van der Waals surface area contributed by atoms with Crippen LogP contribution in [0.4, 0.5) is 5.69 Å². The first-order chi connectivity index (χ1) is 10.4. The van der Waals surface area contributed by atoms with Crippen LogP contribution in [0.1, 0.15) is 16.6 Å². The summed E-state index contributed by atoms with van der Waals surface area (Å²) in [4.78, 5) is 12.6. The van der Waals surface area contributed by atoms with Crippen molar-refractivity contribution in [3.05, 3.63) is 45.6 Å². The fraction of sp³-hybridized carbons (Fsp3) is 0.214. The Morgan fingerprint density at radius 1 is 1.36 bits per heavy atom. The highest BCUT2D eigenvalue weighted by atomic mass is 35.5.